The van der Waals surface area contributed by atoms with Gasteiger partial charge in [-0.2, -0.15) is 0 Å². The summed E-state index contributed by atoms with van der Waals surface area (Å²) in [7, 11) is 1.52. The molecule has 0 fully saturated rings. The number of methoxy groups -OCH3 is 1. The number of ether oxygens (including phenoxy) is 1. The molecule has 0 spiro atoms. The molecule has 0 radical (unpaired) electrons. The second kappa shape index (κ2) is 8.74. The summed E-state index contributed by atoms with van der Waals surface area (Å²) in [6.45, 7) is 2.05. The van der Waals surface area contributed by atoms with Gasteiger partial charge in [-0.1, -0.05) is 30.1 Å². The van der Waals surface area contributed by atoms with Crippen LogP contribution in [0.4, 0.5) is 5.69 Å². The van der Waals surface area contributed by atoms with E-state index < -0.39 is 0 Å². The van der Waals surface area contributed by atoms with E-state index in [0.29, 0.717) is 21.4 Å². The minimum absolute atomic E-state index is 0.232. The van der Waals surface area contributed by atoms with Crippen molar-refractivity contribution in [2.24, 2.45) is 0 Å². The average Bonchev–Trinajstić information content (AvgIpc) is 2.54. The van der Waals surface area contributed by atoms with Crippen molar-refractivity contribution in [1.82, 2.24) is 0 Å². The predicted molar refractivity (Wildman–Crippen MR) is 109 cm³/mol. The van der Waals surface area contributed by atoms with Crippen LogP contribution in [-0.2, 0) is 11.2 Å². The number of carbonyl (C=O) groups excluding carboxylic acids is 1. The molecule has 2 aromatic rings. The molecule has 2 aromatic carbocycles. The maximum atomic E-state index is 12.2. The van der Waals surface area contributed by atoms with E-state index in [1.54, 1.807) is 18.2 Å². The van der Waals surface area contributed by atoms with E-state index in [4.69, 9.17) is 27.9 Å². The van der Waals surface area contributed by atoms with Gasteiger partial charge in [0.25, 0.3) is 0 Å². The molecule has 0 aliphatic carbocycles. The summed E-state index contributed by atoms with van der Waals surface area (Å²) in [4.78, 5) is 12.2. The Balaban J connectivity index is 2.20. The fourth-order valence-corrected chi connectivity index (χ4v) is 3.38. The van der Waals surface area contributed by atoms with Crippen molar-refractivity contribution in [1.29, 1.82) is 0 Å². The Bertz CT molecular complexity index is 791. The van der Waals surface area contributed by atoms with Crippen LogP contribution in [-0.4, -0.2) is 13.0 Å². The van der Waals surface area contributed by atoms with E-state index in [2.05, 4.69) is 40.9 Å². The third-order valence-corrected chi connectivity index (χ3v) is 4.53. The molecule has 0 saturated carbocycles. The molecular weight excluding hydrogens is 460 g/mol. The lowest BCUT2D eigenvalue weighted by molar-refractivity contribution is -0.111. The zero-order chi connectivity index (χ0) is 17.7. The van der Waals surface area contributed by atoms with Crippen LogP contribution >= 0.6 is 45.8 Å². The Morgan fingerprint density at radius 3 is 2.71 bits per heavy atom. The first-order valence-corrected chi connectivity index (χ1v) is 9.08. The lowest BCUT2D eigenvalue weighted by Crippen LogP contribution is -2.09. The largest absolute Gasteiger partial charge is 0.495 e. The molecule has 0 aromatic heterocycles. The van der Waals surface area contributed by atoms with Crippen LogP contribution in [0, 0.1) is 3.57 Å². The summed E-state index contributed by atoms with van der Waals surface area (Å²) in [5, 5.41) is 3.77. The molecule has 0 heterocycles. The predicted octanol–water partition coefficient (Wildman–Crippen LogP) is 5.82. The van der Waals surface area contributed by atoms with Crippen LogP contribution in [0.1, 0.15) is 18.1 Å². The summed E-state index contributed by atoms with van der Waals surface area (Å²) in [6.07, 6.45) is 3.90. The highest BCUT2D eigenvalue weighted by Gasteiger charge is 2.09. The normalized spacial score (nSPS) is 10.9. The number of anilines is 1. The monoisotopic (exact) mass is 475 g/mol. The fourth-order valence-electron chi connectivity index (χ4n) is 2.24. The Morgan fingerprint density at radius 1 is 1.29 bits per heavy atom. The molecule has 0 saturated heterocycles. The number of hydrogen-bond donors (Lipinski definition) is 1. The van der Waals surface area contributed by atoms with Crippen LogP contribution in [0.3, 0.4) is 0 Å². The number of nitrogens with one attached hydrogen (secondary N) is 1. The van der Waals surface area contributed by atoms with Gasteiger partial charge in [0.2, 0.25) is 5.91 Å². The van der Waals surface area contributed by atoms with Crippen LogP contribution in [0.15, 0.2) is 36.4 Å². The number of hydrogen-bond acceptors (Lipinski definition) is 2. The van der Waals surface area contributed by atoms with Crippen LogP contribution < -0.4 is 10.1 Å². The summed E-state index contributed by atoms with van der Waals surface area (Å²) >= 11 is 14.3. The first-order chi connectivity index (χ1) is 11.4. The summed E-state index contributed by atoms with van der Waals surface area (Å²) in [5.74, 6) is 0.248. The van der Waals surface area contributed by atoms with E-state index in [-0.39, 0.29) is 5.91 Å². The number of carbonyl (C=O) groups is 1. The molecule has 126 valence electrons. The quantitative estimate of drug-likeness (QED) is 0.437. The number of rotatable bonds is 5. The molecular formula is C18H16Cl2INO2. The first kappa shape index (κ1) is 19.1. The highest BCUT2D eigenvalue weighted by atomic mass is 127. The third-order valence-electron chi connectivity index (χ3n) is 3.36. The zero-order valence-corrected chi connectivity index (χ0v) is 16.9. The van der Waals surface area contributed by atoms with Crippen molar-refractivity contribution < 1.29 is 9.53 Å². The first-order valence-electron chi connectivity index (χ1n) is 7.25. The van der Waals surface area contributed by atoms with Crippen LogP contribution in [0.25, 0.3) is 6.08 Å². The van der Waals surface area contributed by atoms with Gasteiger partial charge in [-0.05, 0) is 71.0 Å². The lowest BCUT2D eigenvalue weighted by atomic mass is 10.1. The van der Waals surface area contributed by atoms with Gasteiger partial charge in [0.15, 0.2) is 0 Å². The topological polar surface area (TPSA) is 38.3 Å². The Labute approximate surface area is 165 Å². The minimum Gasteiger partial charge on any atom is -0.495 e. The summed E-state index contributed by atoms with van der Waals surface area (Å²) in [6, 6.07) is 9.21. The number of halogens is 3. The zero-order valence-electron chi connectivity index (χ0n) is 13.2. The maximum absolute atomic E-state index is 12.2. The van der Waals surface area contributed by atoms with Gasteiger partial charge in [-0.3, -0.25) is 4.79 Å². The molecule has 0 atom stereocenters. The van der Waals surface area contributed by atoms with Crippen molar-refractivity contribution in [2.45, 2.75) is 13.3 Å². The van der Waals surface area contributed by atoms with E-state index in [0.717, 1.165) is 21.2 Å². The smallest absolute Gasteiger partial charge is 0.248 e. The van der Waals surface area contributed by atoms with Crippen molar-refractivity contribution >= 4 is 63.5 Å². The molecule has 3 nitrogen and oxygen atoms in total. The molecule has 6 heteroatoms. The van der Waals surface area contributed by atoms with Crippen molar-refractivity contribution in [3.8, 4) is 5.75 Å². The number of aryl methyl sites for hydroxylation is 1. The van der Waals surface area contributed by atoms with Gasteiger partial charge in [0.05, 0.1) is 12.1 Å². The molecule has 0 aliphatic heterocycles. The highest BCUT2D eigenvalue weighted by Crippen LogP contribution is 2.33. The van der Waals surface area contributed by atoms with Gasteiger partial charge < -0.3 is 10.1 Å². The van der Waals surface area contributed by atoms with Crippen LogP contribution in [0.5, 0.6) is 5.75 Å². The molecule has 0 bridgehead atoms. The van der Waals surface area contributed by atoms with E-state index in [9.17, 15) is 4.79 Å². The van der Waals surface area contributed by atoms with Gasteiger partial charge in [0, 0.05) is 25.9 Å². The maximum Gasteiger partial charge on any atom is 0.248 e. The van der Waals surface area contributed by atoms with Crippen molar-refractivity contribution in [3.63, 3.8) is 0 Å². The van der Waals surface area contributed by atoms with E-state index in [1.165, 1.54) is 13.2 Å². The second-order valence-corrected chi connectivity index (χ2v) is 7.08. The van der Waals surface area contributed by atoms with Gasteiger partial charge >= 0.3 is 0 Å². The van der Waals surface area contributed by atoms with Crippen molar-refractivity contribution in [2.75, 3.05) is 12.4 Å². The Hall–Kier alpha value is -1.24. The molecule has 1 amide bonds. The van der Waals surface area contributed by atoms with Gasteiger partial charge in [0.1, 0.15) is 5.75 Å². The SMILES string of the molecule is CCc1cc(I)ccc1NC(=O)/C=C/c1cc(Cl)cc(Cl)c1OC. The number of amides is 1. The Kier molecular flexibility index (Phi) is 6.95. The average molecular weight is 476 g/mol. The van der Waals surface area contributed by atoms with E-state index >= 15 is 0 Å². The lowest BCUT2D eigenvalue weighted by Gasteiger charge is -2.09. The molecule has 1 N–H and O–H groups in total. The second-order valence-electron chi connectivity index (χ2n) is 4.99. The third kappa shape index (κ3) is 4.88. The van der Waals surface area contributed by atoms with Crippen molar-refractivity contribution in [3.05, 3.63) is 61.2 Å². The molecule has 24 heavy (non-hydrogen) atoms. The van der Waals surface area contributed by atoms with Crippen LogP contribution in [0.2, 0.25) is 10.0 Å². The Morgan fingerprint density at radius 2 is 2.04 bits per heavy atom. The highest BCUT2D eigenvalue weighted by molar-refractivity contribution is 14.1. The standard InChI is InChI=1S/C18H16Cl2INO2/c1-3-11-9-14(21)5-6-16(11)22-17(23)7-4-12-8-13(19)10-15(20)18(12)24-2/h4-10H,3H2,1-2H3,(H,22,23)/b7-4+. The number of benzene rings is 2. The van der Waals surface area contributed by atoms with Gasteiger partial charge in [-0.25, -0.2) is 0 Å². The molecule has 0 aliphatic rings. The van der Waals surface area contributed by atoms with E-state index in [1.807, 2.05) is 12.1 Å². The summed E-state index contributed by atoms with van der Waals surface area (Å²) < 4.78 is 6.39. The molecule has 2 rings (SSSR count). The minimum atomic E-state index is -0.232. The fraction of sp³-hybridized carbons (Fsp3) is 0.167. The summed E-state index contributed by atoms with van der Waals surface area (Å²) in [5.41, 5.74) is 2.54. The van der Waals surface area contributed by atoms with Gasteiger partial charge in [-0.15, -0.1) is 0 Å². The molecule has 0 unspecified atom stereocenters.